The highest BCUT2D eigenvalue weighted by molar-refractivity contribution is 5.87. The van der Waals surface area contributed by atoms with Gasteiger partial charge in [-0.3, -0.25) is 4.98 Å². The van der Waals surface area contributed by atoms with E-state index in [0.29, 0.717) is 6.54 Å². The maximum Gasteiger partial charge on any atom is 0.335 e. The number of aromatic nitrogens is 1. The van der Waals surface area contributed by atoms with Gasteiger partial charge in [-0.25, -0.2) is 4.79 Å². The molecule has 1 aromatic rings. The van der Waals surface area contributed by atoms with E-state index < -0.39 is 5.97 Å². The summed E-state index contributed by atoms with van der Waals surface area (Å²) in [6, 6.07) is 3.06. The van der Waals surface area contributed by atoms with Crippen LogP contribution in [0.2, 0.25) is 0 Å². The van der Waals surface area contributed by atoms with Crippen molar-refractivity contribution in [1.29, 1.82) is 0 Å². The summed E-state index contributed by atoms with van der Waals surface area (Å²) < 4.78 is 0. The van der Waals surface area contributed by atoms with Crippen molar-refractivity contribution in [3.63, 3.8) is 0 Å². The van der Waals surface area contributed by atoms with E-state index in [4.69, 9.17) is 5.11 Å². The van der Waals surface area contributed by atoms with Crippen LogP contribution in [0, 0.1) is 0 Å². The van der Waals surface area contributed by atoms with Crippen LogP contribution >= 0.6 is 0 Å². The molecule has 0 aliphatic rings. The minimum atomic E-state index is -0.922. The lowest BCUT2D eigenvalue weighted by Crippen LogP contribution is -2.24. The number of carbonyl (C=O) groups is 1. The van der Waals surface area contributed by atoms with Crippen LogP contribution in [0.15, 0.2) is 18.3 Å². The van der Waals surface area contributed by atoms with Crippen LogP contribution in [-0.2, 0) is 6.54 Å². The number of rotatable bonds is 6. The van der Waals surface area contributed by atoms with Gasteiger partial charge < -0.3 is 15.7 Å². The first-order valence-electron chi connectivity index (χ1n) is 4.77. The van der Waals surface area contributed by atoms with Crippen LogP contribution in [0.1, 0.15) is 16.1 Å². The zero-order valence-corrected chi connectivity index (χ0v) is 8.66. The van der Waals surface area contributed by atoms with Crippen molar-refractivity contribution in [2.24, 2.45) is 0 Å². The highest BCUT2D eigenvalue weighted by Crippen LogP contribution is 2.01. The fourth-order valence-electron chi connectivity index (χ4n) is 1.14. The molecule has 0 aliphatic carbocycles. The zero-order valence-electron chi connectivity index (χ0n) is 8.66. The first kappa shape index (κ1) is 11.6. The van der Waals surface area contributed by atoms with Crippen molar-refractivity contribution < 1.29 is 9.90 Å². The highest BCUT2D eigenvalue weighted by atomic mass is 16.4. The molecular formula is C10H15N3O2. The van der Waals surface area contributed by atoms with Gasteiger partial charge in [-0.1, -0.05) is 0 Å². The maximum absolute atomic E-state index is 10.7. The minimum absolute atomic E-state index is 0.274. The molecule has 3 N–H and O–H groups in total. The Morgan fingerprint density at radius 2 is 2.33 bits per heavy atom. The SMILES string of the molecule is CNCCNCc1cc(C(=O)O)ccn1. The van der Waals surface area contributed by atoms with Gasteiger partial charge >= 0.3 is 5.97 Å². The van der Waals surface area contributed by atoms with Gasteiger partial charge in [0.05, 0.1) is 11.3 Å². The maximum atomic E-state index is 10.7. The lowest BCUT2D eigenvalue weighted by Gasteiger charge is -2.04. The number of pyridine rings is 1. The van der Waals surface area contributed by atoms with Gasteiger partial charge in [-0.05, 0) is 19.2 Å². The Balaban J connectivity index is 2.47. The minimum Gasteiger partial charge on any atom is -0.478 e. The van der Waals surface area contributed by atoms with Crippen molar-refractivity contribution in [3.8, 4) is 0 Å². The summed E-state index contributed by atoms with van der Waals surface area (Å²) in [6.45, 7) is 2.29. The molecule has 5 nitrogen and oxygen atoms in total. The summed E-state index contributed by atoms with van der Waals surface area (Å²) in [5.74, 6) is -0.922. The second-order valence-electron chi connectivity index (χ2n) is 3.12. The Bertz CT molecular complexity index is 328. The Labute approximate surface area is 88.5 Å². The molecule has 0 atom stereocenters. The van der Waals surface area contributed by atoms with Crippen molar-refractivity contribution in [3.05, 3.63) is 29.6 Å². The first-order valence-corrected chi connectivity index (χ1v) is 4.77. The molecule has 1 heterocycles. The number of likely N-dealkylation sites (N-methyl/N-ethyl adjacent to an activating group) is 1. The van der Waals surface area contributed by atoms with E-state index >= 15 is 0 Å². The van der Waals surface area contributed by atoms with Crippen molar-refractivity contribution in [2.75, 3.05) is 20.1 Å². The van der Waals surface area contributed by atoms with E-state index in [9.17, 15) is 4.79 Å². The van der Waals surface area contributed by atoms with Crippen LogP contribution in [0.5, 0.6) is 0 Å². The zero-order chi connectivity index (χ0) is 11.1. The van der Waals surface area contributed by atoms with Crippen LogP contribution in [-0.4, -0.2) is 36.2 Å². The predicted octanol–water partition coefficient (Wildman–Crippen LogP) is 0.0888. The lowest BCUT2D eigenvalue weighted by molar-refractivity contribution is 0.0696. The molecule has 1 aromatic heterocycles. The molecule has 0 radical (unpaired) electrons. The van der Waals surface area contributed by atoms with E-state index in [0.717, 1.165) is 18.8 Å². The van der Waals surface area contributed by atoms with Gasteiger partial charge in [0.1, 0.15) is 0 Å². The van der Waals surface area contributed by atoms with Gasteiger partial charge in [0.2, 0.25) is 0 Å². The number of hydrogen-bond donors (Lipinski definition) is 3. The fraction of sp³-hybridized carbons (Fsp3) is 0.400. The molecule has 0 spiro atoms. The van der Waals surface area contributed by atoms with E-state index in [-0.39, 0.29) is 5.56 Å². The van der Waals surface area contributed by atoms with E-state index in [1.54, 1.807) is 6.07 Å². The number of aromatic carboxylic acids is 1. The monoisotopic (exact) mass is 209 g/mol. The number of carboxylic acid groups (broad SMARTS) is 1. The number of carboxylic acids is 1. The number of nitrogens with zero attached hydrogens (tertiary/aromatic N) is 1. The summed E-state index contributed by atoms with van der Waals surface area (Å²) in [5, 5.41) is 14.9. The normalized spacial score (nSPS) is 10.2. The third-order valence-corrected chi connectivity index (χ3v) is 1.92. The fourth-order valence-corrected chi connectivity index (χ4v) is 1.14. The summed E-state index contributed by atoms with van der Waals surface area (Å²) in [6.07, 6.45) is 1.51. The topological polar surface area (TPSA) is 74.2 Å². The van der Waals surface area contributed by atoms with Gasteiger partial charge in [-0.2, -0.15) is 0 Å². The number of hydrogen-bond acceptors (Lipinski definition) is 4. The third kappa shape index (κ3) is 4.05. The molecule has 82 valence electrons. The van der Waals surface area contributed by atoms with Gasteiger partial charge in [0, 0.05) is 25.8 Å². The summed E-state index contributed by atoms with van der Waals surface area (Å²) >= 11 is 0. The molecule has 0 bridgehead atoms. The molecule has 5 heteroatoms. The molecule has 1 rings (SSSR count). The summed E-state index contributed by atoms with van der Waals surface area (Å²) in [4.78, 5) is 14.7. The molecule has 0 fully saturated rings. The molecular weight excluding hydrogens is 194 g/mol. The average molecular weight is 209 g/mol. The predicted molar refractivity (Wildman–Crippen MR) is 56.8 cm³/mol. The van der Waals surface area contributed by atoms with Crippen molar-refractivity contribution in [1.82, 2.24) is 15.6 Å². The van der Waals surface area contributed by atoms with Crippen LogP contribution in [0.4, 0.5) is 0 Å². The van der Waals surface area contributed by atoms with Crippen LogP contribution in [0.3, 0.4) is 0 Å². The van der Waals surface area contributed by atoms with Crippen LogP contribution in [0.25, 0.3) is 0 Å². The Morgan fingerprint density at radius 3 is 3.00 bits per heavy atom. The molecule has 0 saturated carbocycles. The lowest BCUT2D eigenvalue weighted by atomic mass is 10.2. The first-order chi connectivity index (χ1) is 7.24. The summed E-state index contributed by atoms with van der Waals surface area (Å²) in [5.41, 5.74) is 1.02. The Hall–Kier alpha value is -1.46. The van der Waals surface area contributed by atoms with Gasteiger partial charge in [0.25, 0.3) is 0 Å². The Morgan fingerprint density at radius 1 is 1.53 bits per heavy atom. The van der Waals surface area contributed by atoms with Crippen molar-refractivity contribution >= 4 is 5.97 Å². The van der Waals surface area contributed by atoms with Gasteiger partial charge in [-0.15, -0.1) is 0 Å². The van der Waals surface area contributed by atoms with E-state index in [2.05, 4.69) is 15.6 Å². The largest absolute Gasteiger partial charge is 0.478 e. The second kappa shape index (κ2) is 6.10. The van der Waals surface area contributed by atoms with E-state index in [1.165, 1.54) is 12.3 Å². The molecule has 0 amide bonds. The van der Waals surface area contributed by atoms with Crippen LogP contribution < -0.4 is 10.6 Å². The standard InChI is InChI=1S/C10H15N3O2/c1-11-4-5-12-7-9-6-8(10(14)15)2-3-13-9/h2-3,6,11-12H,4-5,7H2,1H3,(H,14,15). The summed E-state index contributed by atoms with van der Waals surface area (Å²) in [7, 11) is 1.88. The van der Waals surface area contributed by atoms with Crippen molar-refractivity contribution in [2.45, 2.75) is 6.54 Å². The second-order valence-corrected chi connectivity index (χ2v) is 3.12. The quantitative estimate of drug-likeness (QED) is 0.579. The smallest absolute Gasteiger partial charge is 0.335 e. The molecule has 0 unspecified atom stereocenters. The molecule has 0 saturated heterocycles. The number of nitrogens with one attached hydrogen (secondary N) is 2. The third-order valence-electron chi connectivity index (χ3n) is 1.92. The van der Waals surface area contributed by atoms with E-state index in [1.807, 2.05) is 7.05 Å². The Kier molecular flexibility index (Phi) is 4.73. The average Bonchev–Trinajstić information content (AvgIpc) is 2.25. The highest BCUT2D eigenvalue weighted by Gasteiger charge is 2.03. The van der Waals surface area contributed by atoms with Gasteiger partial charge in [0.15, 0.2) is 0 Å². The molecule has 0 aliphatic heterocycles. The molecule has 15 heavy (non-hydrogen) atoms. The molecule has 0 aromatic carbocycles.